The Balaban J connectivity index is 1.67. The maximum absolute atomic E-state index is 5.61. The van der Waals surface area contributed by atoms with E-state index < -0.39 is 0 Å². The third-order valence-corrected chi connectivity index (χ3v) is 4.20. The molecule has 3 N–H and O–H groups in total. The van der Waals surface area contributed by atoms with Crippen LogP contribution < -0.4 is 11.1 Å². The normalized spacial score (nSPS) is 12.8. The summed E-state index contributed by atoms with van der Waals surface area (Å²) in [5, 5.41) is 7.45. The molecule has 0 unspecified atom stereocenters. The van der Waals surface area contributed by atoms with Crippen molar-refractivity contribution in [2.24, 2.45) is 4.99 Å². The van der Waals surface area contributed by atoms with E-state index in [4.69, 9.17) is 5.73 Å². The first-order valence-corrected chi connectivity index (χ1v) is 7.80. The van der Waals surface area contributed by atoms with Crippen LogP contribution in [0.15, 0.2) is 52.3 Å². The van der Waals surface area contributed by atoms with Gasteiger partial charge in [0.25, 0.3) is 0 Å². The van der Waals surface area contributed by atoms with E-state index in [0.29, 0.717) is 5.82 Å². The van der Waals surface area contributed by atoms with Crippen molar-refractivity contribution in [3.8, 4) is 0 Å². The molecule has 0 saturated carbocycles. The zero-order valence-electron chi connectivity index (χ0n) is 11.7. The molecule has 0 fully saturated rings. The molecule has 108 valence electrons. The highest BCUT2D eigenvalue weighted by Gasteiger charge is 2.18. The number of thiophene rings is 1. The van der Waals surface area contributed by atoms with Gasteiger partial charge >= 0.3 is 0 Å². The molecule has 0 spiro atoms. The van der Waals surface area contributed by atoms with E-state index in [1.165, 1.54) is 16.7 Å². The molecule has 1 aromatic carbocycles. The Morgan fingerprint density at radius 1 is 1.18 bits per heavy atom. The third-order valence-electron chi connectivity index (χ3n) is 3.51. The molecule has 1 aliphatic rings. The van der Waals surface area contributed by atoms with E-state index in [-0.39, 0.29) is 5.95 Å². The maximum Gasteiger partial charge on any atom is 0.221 e. The monoisotopic (exact) mass is 307 g/mol. The standard InChI is InChI=1S/C16H13N5S/c17-16-18-5-3-14(21-16)20-12-2-1-10-8-19-15(13(10)7-12)11-4-6-22-9-11/h1-7,9H,8H2,(H3,17,18,20,21). The number of nitrogens with zero attached hydrogens (tertiary/aromatic N) is 3. The molecule has 0 bridgehead atoms. The van der Waals surface area contributed by atoms with Crippen molar-refractivity contribution >= 4 is 34.5 Å². The van der Waals surface area contributed by atoms with Crippen LogP contribution in [0.5, 0.6) is 0 Å². The Morgan fingerprint density at radius 3 is 2.95 bits per heavy atom. The number of benzene rings is 1. The van der Waals surface area contributed by atoms with Gasteiger partial charge in [-0.1, -0.05) is 6.07 Å². The second kappa shape index (κ2) is 5.23. The average molecular weight is 307 g/mol. The molecule has 4 rings (SSSR count). The number of nitrogens with two attached hydrogens (primary N) is 1. The summed E-state index contributed by atoms with van der Waals surface area (Å²) >= 11 is 1.68. The lowest BCUT2D eigenvalue weighted by molar-refractivity contribution is 1.11. The highest BCUT2D eigenvalue weighted by atomic mass is 32.1. The summed E-state index contributed by atoms with van der Waals surface area (Å²) in [5.74, 6) is 0.936. The summed E-state index contributed by atoms with van der Waals surface area (Å²) < 4.78 is 0. The third kappa shape index (κ3) is 2.33. The van der Waals surface area contributed by atoms with Gasteiger partial charge in [-0.2, -0.15) is 16.3 Å². The molecule has 0 aliphatic carbocycles. The van der Waals surface area contributed by atoms with Gasteiger partial charge in [0.05, 0.1) is 12.3 Å². The van der Waals surface area contributed by atoms with E-state index in [1.807, 2.05) is 6.07 Å². The minimum atomic E-state index is 0.256. The Morgan fingerprint density at radius 2 is 2.14 bits per heavy atom. The highest BCUT2D eigenvalue weighted by Crippen LogP contribution is 2.28. The van der Waals surface area contributed by atoms with Gasteiger partial charge in [0, 0.05) is 28.4 Å². The van der Waals surface area contributed by atoms with E-state index in [9.17, 15) is 0 Å². The van der Waals surface area contributed by atoms with Crippen LogP contribution in [0.4, 0.5) is 17.5 Å². The van der Waals surface area contributed by atoms with Gasteiger partial charge in [-0.25, -0.2) is 4.98 Å². The first-order chi connectivity index (χ1) is 10.8. The van der Waals surface area contributed by atoms with E-state index >= 15 is 0 Å². The van der Waals surface area contributed by atoms with Gasteiger partial charge in [0.1, 0.15) is 5.82 Å². The van der Waals surface area contributed by atoms with Gasteiger partial charge in [-0.15, -0.1) is 0 Å². The molecule has 0 radical (unpaired) electrons. The molecular weight excluding hydrogens is 294 g/mol. The average Bonchev–Trinajstić information content (AvgIpc) is 3.15. The molecule has 3 aromatic rings. The van der Waals surface area contributed by atoms with Crippen LogP contribution in [-0.2, 0) is 6.54 Å². The molecule has 3 heterocycles. The summed E-state index contributed by atoms with van der Waals surface area (Å²) in [7, 11) is 0. The first kappa shape index (κ1) is 13.0. The highest BCUT2D eigenvalue weighted by molar-refractivity contribution is 7.08. The van der Waals surface area contributed by atoms with Crippen molar-refractivity contribution in [2.75, 3.05) is 11.1 Å². The van der Waals surface area contributed by atoms with Crippen LogP contribution >= 0.6 is 11.3 Å². The number of hydrogen-bond donors (Lipinski definition) is 2. The second-order valence-corrected chi connectivity index (χ2v) is 5.75. The Labute approximate surface area is 131 Å². The predicted molar refractivity (Wildman–Crippen MR) is 89.8 cm³/mol. The summed E-state index contributed by atoms with van der Waals surface area (Å²) in [5.41, 5.74) is 11.2. The number of anilines is 3. The fraction of sp³-hybridized carbons (Fsp3) is 0.0625. The van der Waals surface area contributed by atoms with Crippen LogP contribution in [0.1, 0.15) is 16.7 Å². The molecule has 5 nitrogen and oxygen atoms in total. The molecule has 6 heteroatoms. The number of nitrogens with one attached hydrogen (secondary N) is 1. The van der Waals surface area contributed by atoms with Gasteiger partial charge in [-0.05, 0) is 35.2 Å². The quantitative estimate of drug-likeness (QED) is 0.779. The van der Waals surface area contributed by atoms with Crippen LogP contribution in [0.2, 0.25) is 0 Å². The van der Waals surface area contributed by atoms with Gasteiger partial charge in [0.15, 0.2) is 0 Å². The fourth-order valence-corrected chi connectivity index (χ4v) is 3.14. The lowest BCUT2D eigenvalue weighted by atomic mass is 10.0. The minimum absolute atomic E-state index is 0.256. The topological polar surface area (TPSA) is 76.2 Å². The molecular formula is C16H13N5S. The van der Waals surface area contributed by atoms with Crippen LogP contribution in [0, 0.1) is 0 Å². The SMILES string of the molecule is Nc1nccc(Nc2ccc3c(c2)C(c2ccsc2)=NC3)n1. The van der Waals surface area contributed by atoms with Crippen molar-refractivity contribution in [1.82, 2.24) is 9.97 Å². The molecule has 2 aromatic heterocycles. The van der Waals surface area contributed by atoms with Crippen molar-refractivity contribution in [1.29, 1.82) is 0 Å². The number of nitrogen functional groups attached to an aromatic ring is 1. The Hall–Kier alpha value is -2.73. The smallest absolute Gasteiger partial charge is 0.221 e. The number of aromatic nitrogens is 2. The van der Waals surface area contributed by atoms with Crippen molar-refractivity contribution in [2.45, 2.75) is 6.54 Å². The molecule has 0 amide bonds. The minimum Gasteiger partial charge on any atom is -0.368 e. The van der Waals surface area contributed by atoms with Crippen molar-refractivity contribution < 1.29 is 0 Å². The van der Waals surface area contributed by atoms with Gasteiger partial charge in [-0.3, -0.25) is 4.99 Å². The largest absolute Gasteiger partial charge is 0.368 e. The van der Waals surface area contributed by atoms with Crippen LogP contribution in [-0.4, -0.2) is 15.7 Å². The number of aliphatic imine (C=N–C) groups is 1. The maximum atomic E-state index is 5.61. The second-order valence-electron chi connectivity index (χ2n) is 4.97. The molecule has 1 aliphatic heterocycles. The van der Waals surface area contributed by atoms with Crippen molar-refractivity contribution in [3.05, 3.63) is 64.0 Å². The summed E-state index contributed by atoms with van der Waals surface area (Å²) in [6.45, 7) is 0.737. The summed E-state index contributed by atoms with van der Waals surface area (Å²) in [6.07, 6.45) is 1.64. The van der Waals surface area contributed by atoms with E-state index in [1.54, 1.807) is 23.6 Å². The first-order valence-electron chi connectivity index (χ1n) is 6.85. The molecule has 22 heavy (non-hydrogen) atoms. The molecule has 0 saturated heterocycles. The lowest BCUT2D eigenvalue weighted by Crippen LogP contribution is -2.02. The number of hydrogen-bond acceptors (Lipinski definition) is 6. The van der Waals surface area contributed by atoms with Crippen LogP contribution in [0.25, 0.3) is 0 Å². The summed E-state index contributed by atoms with van der Waals surface area (Å²) in [4.78, 5) is 12.7. The number of fused-ring (bicyclic) bond motifs is 1. The lowest BCUT2D eigenvalue weighted by Gasteiger charge is -2.09. The molecule has 0 atom stereocenters. The van der Waals surface area contributed by atoms with Crippen molar-refractivity contribution in [3.63, 3.8) is 0 Å². The van der Waals surface area contributed by atoms with Crippen LogP contribution in [0.3, 0.4) is 0 Å². The van der Waals surface area contributed by atoms with Gasteiger partial charge in [0.2, 0.25) is 5.95 Å². The Kier molecular flexibility index (Phi) is 3.08. The zero-order valence-corrected chi connectivity index (χ0v) is 12.5. The fourth-order valence-electron chi connectivity index (χ4n) is 2.50. The predicted octanol–water partition coefficient (Wildman–Crippen LogP) is 3.21. The van der Waals surface area contributed by atoms with E-state index in [0.717, 1.165) is 17.9 Å². The Bertz CT molecular complexity index is 855. The summed E-state index contributed by atoms with van der Waals surface area (Å²) in [6, 6.07) is 10.1. The number of rotatable bonds is 3. The van der Waals surface area contributed by atoms with E-state index in [2.05, 4.69) is 49.2 Å². The van der Waals surface area contributed by atoms with Gasteiger partial charge < -0.3 is 11.1 Å². The zero-order chi connectivity index (χ0) is 14.9.